The highest BCUT2D eigenvalue weighted by Crippen LogP contribution is 2.17. The smallest absolute Gasteiger partial charge is 0.236 e. The van der Waals surface area contributed by atoms with Crippen LogP contribution in [0.15, 0.2) is 24.3 Å². The number of aryl methyl sites for hydroxylation is 1. The monoisotopic (exact) mass is 289 g/mol. The molecule has 0 atom stereocenters. The topological polar surface area (TPSA) is 75.4 Å². The molecule has 1 aliphatic rings. The SMILES string of the molecule is Cc1ccc(CNC(=O)C2CCN(C(=O)CN)CC2)cc1. The van der Waals surface area contributed by atoms with E-state index in [2.05, 4.69) is 5.32 Å². The molecule has 0 radical (unpaired) electrons. The van der Waals surface area contributed by atoms with Crippen molar-refractivity contribution in [2.75, 3.05) is 19.6 Å². The molecule has 1 fully saturated rings. The molecule has 114 valence electrons. The Morgan fingerprint density at radius 1 is 1.24 bits per heavy atom. The van der Waals surface area contributed by atoms with Gasteiger partial charge >= 0.3 is 0 Å². The summed E-state index contributed by atoms with van der Waals surface area (Å²) < 4.78 is 0. The molecule has 1 aliphatic heterocycles. The predicted molar refractivity (Wildman–Crippen MR) is 81.4 cm³/mol. The number of carbonyl (C=O) groups is 2. The molecule has 0 aliphatic carbocycles. The van der Waals surface area contributed by atoms with Crippen molar-refractivity contribution in [3.8, 4) is 0 Å². The van der Waals surface area contributed by atoms with Crippen LogP contribution in [0.4, 0.5) is 0 Å². The number of benzene rings is 1. The summed E-state index contributed by atoms with van der Waals surface area (Å²) in [6.07, 6.45) is 1.43. The molecule has 3 N–H and O–H groups in total. The first-order chi connectivity index (χ1) is 10.1. The summed E-state index contributed by atoms with van der Waals surface area (Å²) >= 11 is 0. The minimum absolute atomic E-state index is 0.00253. The van der Waals surface area contributed by atoms with Crippen LogP contribution in [0, 0.1) is 12.8 Å². The van der Waals surface area contributed by atoms with Crippen molar-refractivity contribution in [3.05, 3.63) is 35.4 Å². The van der Waals surface area contributed by atoms with E-state index in [0.29, 0.717) is 32.5 Å². The van der Waals surface area contributed by atoms with Crippen molar-refractivity contribution in [2.24, 2.45) is 11.7 Å². The third-order valence-corrected chi connectivity index (χ3v) is 3.98. The highest BCUT2D eigenvalue weighted by atomic mass is 16.2. The zero-order valence-electron chi connectivity index (χ0n) is 12.5. The Morgan fingerprint density at radius 3 is 2.43 bits per heavy atom. The molecule has 1 aromatic carbocycles. The number of carbonyl (C=O) groups excluding carboxylic acids is 2. The van der Waals surface area contributed by atoms with Crippen molar-refractivity contribution in [2.45, 2.75) is 26.3 Å². The summed E-state index contributed by atoms with van der Waals surface area (Å²) in [6.45, 7) is 3.89. The van der Waals surface area contributed by atoms with Crippen molar-refractivity contribution < 1.29 is 9.59 Å². The molecule has 2 amide bonds. The zero-order valence-corrected chi connectivity index (χ0v) is 12.5. The maximum Gasteiger partial charge on any atom is 0.236 e. The molecular weight excluding hydrogens is 266 g/mol. The van der Waals surface area contributed by atoms with Crippen LogP contribution >= 0.6 is 0 Å². The van der Waals surface area contributed by atoms with Crippen LogP contribution in [0.2, 0.25) is 0 Å². The van der Waals surface area contributed by atoms with Gasteiger partial charge in [0.05, 0.1) is 6.54 Å². The first-order valence-electron chi connectivity index (χ1n) is 7.41. The predicted octanol–water partition coefficient (Wildman–Crippen LogP) is 0.809. The lowest BCUT2D eigenvalue weighted by Gasteiger charge is -2.31. The minimum atomic E-state index is -0.0338. The Labute approximate surface area is 125 Å². The van der Waals surface area contributed by atoms with Gasteiger partial charge in [0.15, 0.2) is 0 Å². The van der Waals surface area contributed by atoms with Gasteiger partial charge in [-0.15, -0.1) is 0 Å². The van der Waals surface area contributed by atoms with E-state index in [0.717, 1.165) is 5.56 Å². The summed E-state index contributed by atoms with van der Waals surface area (Å²) in [4.78, 5) is 25.4. The van der Waals surface area contributed by atoms with Gasteiger partial charge in [-0.2, -0.15) is 0 Å². The fraction of sp³-hybridized carbons (Fsp3) is 0.500. The molecule has 0 aromatic heterocycles. The van der Waals surface area contributed by atoms with Gasteiger partial charge in [0, 0.05) is 25.6 Å². The summed E-state index contributed by atoms with van der Waals surface area (Å²) in [5.74, 6) is 0.0428. The first kappa shape index (κ1) is 15.5. The van der Waals surface area contributed by atoms with Gasteiger partial charge < -0.3 is 16.0 Å². The Kier molecular flexibility index (Phi) is 5.33. The number of piperidine rings is 1. The normalized spacial score (nSPS) is 15.8. The number of amides is 2. The lowest BCUT2D eigenvalue weighted by Crippen LogP contribution is -2.44. The van der Waals surface area contributed by atoms with E-state index in [9.17, 15) is 9.59 Å². The van der Waals surface area contributed by atoms with Gasteiger partial charge in [-0.05, 0) is 25.3 Å². The largest absolute Gasteiger partial charge is 0.352 e. The summed E-state index contributed by atoms with van der Waals surface area (Å²) in [6, 6.07) is 8.13. The molecule has 1 aromatic rings. The van der Waals surface area contributed by atoms with Crippen LogP contribution in [0.5, 0.6) is 0 Å². The maximum absolute atomic E-state index is 12.1. The molecule has 0 saturated carbocycles. The first-order valence-corrected chi connectivity index (χ1v) is 7.41. The Bertz CT molecular complexity index is 491. The Hall–Kier alpha value is -1.88. The number of hydrogen-bond acceptors (Lipinski definition) is 3. The number of rotatable bonds is 4. The second-order valence-electron chi connectivity index (χ2n) is 5.56. The van der Waals surface area contributed by atoms with Crippen LogP contribution < -0.4 is 11.1 Å². The second-order valence-corrected chi connectivity index (χ2v) is 5.56. The fourth-order valence-electron chi connectivity index (χ4n) is 2.56. The number of nitrogens with two attached hydrogens (primary N) is 1. The molecule has 1 heterocycles. The third kappa shape index (κ3) is 4.29. The molecular formula is C16H23N3O2. The molecule has 1 saturated heterocycles. The van der Waals surface area contributed by atoms with E-state index in [1.54, 1.807) is 4.90 Å². The van der Waals surface area contributed by atoms with Crippen molar-refractivity contribution >= 4 is 11.8 Å². The van der Waals surface area contributed by atoms with Crippen LogP contribution in [0.25, 0.3) is 0 Å². The number of nitrogens with one attached hydrogen (secondary N) is 1. The number of hydrogen-bond donors (Lipinski definition) is 2. The molecule has 0 unspecified atom stereocenters. The van der Waals surface area contributed by atoms with E-state index in [4.69, 9.17) is 5.73 Å². The van der Waals surface area contributed by atoms with Gasteiger partial charge in [-0.3, -0.25) is 9.59 Å². The Balaban J connectivity index is 1.77. The van der Waals surface area contributed by atoms with Gasteiger partial charge in [0.1, 0.15) is 0 Å². The van der Waals surface area contributed by atoms with Crippen LogP contribution in [-0.2, 0) is 16.1 Å². The molecule has 2 rings (SSSR count). The molecule has 0 spiro atoms. The quantitative estimate of drug-likeness (QED) is 0.861. The standard InChI is InChI=1S/C16H23N3O2/c1-12-2-4-13(5-3-12)11-18-16(21)14-6-8-19(9-7-14)15(20)10-17/h2-5,14H,6-11,17H2,1H3,(H,18,21). The molecule has 5 nitrogen and oxygen atoms in total. The fourth-order valence-corrected chi connectivity index (χ4v) is 2.56. The zero-order chi connectivity index (χ0) is 15.2. The maximum atomic E-state index is 12.1. The van der Waals surface area contributed by atoms with E-state index in [1.807, 2.05) is 31.2 Å². The van der Waals surface area contributed by atoms with Crippen LogP contribution in [0.3, 0.4) is 0 Å². The molecule has 21 heavy (non-hydrogen) atoms. The van der Waals surface area contributed by atoms with Gasteiger partial charge in [0.2, 0.25) is 11.8 Å². The average Bonchev–Trinajstić information content (AvgIpc) is 2.53. The van der Waals surface area contributed by atoms with E-state index in [-0.39, 0.29) is 24.3 Å². The summed E-state index contributed by atoms with van der Waals surface area (Å²) in [5, 5.41) is 2.98. The lowest BCUT2D eigenvalue weighted by atomic mass is 9.95. The average molecular weight is 289 g/mol. The number of likely N-dealkylation sites (tertiary alicyclic amines) is 1. The van der Waals surface area contributed by atoms with Gasteiger partial charge in [-0.1, -0.05) is 29.8 Å². The van der Waals surface area contributed by atoms with Crippen LogP contribution in [0.1, 0.15) is 24.0 Å². The third-order valence-electron chi connectivity index (χ3n) is 3.98. The van der Waals surface area contributed by atoms with E-state index < -0.39 is 0 Å². The van der Waals surface area contributed by atoms with Crippen molar-refractivity contribution in [3.63, 3.8) is 0 Å². The summed E-state index contributed by atoms with van der Waals surface area (Å²) in [5.41, 5.74) is 7.66. The summed E-state index contributed by atoms with van der Waals surface area (Å²) in [7, 11) is 0. The minimum Gasteiger partial charge on any atom is -0.352 e. The van der Waals surface area contributed by atoms with E-state index >= 15 is 0 Å². The van der Waals surface area contributed by atoms with Crippen LogP contribution in [-0.4, -0.2) is 36.3 Å². The van der Waals surface area contributed by atoms with Gasteiger partial charge in [-0.25, -0.2) is 0 Å². The van der Waals surface area contributed by atoms with Gasteiger partial charge in [0.25, 0.3) is 0 Å². The highest BCUT2D eigenvalue weighted by Gasteiger charge is 2.26. The van der Waals surface area contributed by atoms with E-state index in [1.165, 1.54) is 5.56 Å². The van der Waals surface area contributed by atoms with Crippen molar-refractivity contribution in [1.82, 2.24) is 10.2 Å². The lowest BCUT2D eigenvalue weighted by molar-refractivity contribution is -0.134. The highest BCUT2D eigenvalue weighted by molar-refractivity contribution is 5.80. The second kappa shape index (κ2) is 7.22. The Morgan fingerprint density at radius 2 is 1.86 bits per heavy atom. The molecule has 0 bridgehead atoms. The molecule has 5 heteroatoms. The number of nitrogens with zero attached hydrogens (tertiary/aromatic N) is 1. The van der Waals surface area contributed by atoms with Crippen molar-refractivity contribution in [1.29, 1.82) is 0 Å².